The first kappa shape index (κ1) is 20.0. The van der Waals surface area contributed by atoms with Gasteiger partial charge in [-0.25, -0.2) is 4.98 Å². The SMILES string of the molecule is CC(=O)N1CCN(c2cc(C3CCNCC3)ccn2)CC1.Cl.Cl. The molecule has 2 aliphatic heterocycles. The molecule has 130 valence electrons. The first-order valence-corrected chi connectivity index (χ1v) is 7.91. The van der Waals surface area contributed by atoms with E-state index in [0.29, 0.717) is 5.92 Å². The summed E-state index contributed by atoms with van der Waals surface area (Å²) in [6.45, 7) is 7.22. The van der Waals surface area contributed by atoms with Crippen molar-refractivity contribution in [2.75, 3.05) is 44.2 Å². The number of piperazine rings is 1. The predicted octanol–water partition coefficient (Wildman–Crippen LogP) is 2.06. The molecule has 0 atom stereocenters. The predicted molar refractivity (Wildman–Crippen MR) is 98.0 cm³/mol. The van der Waals surface area contributed by atoms with Crippen LogP contribution in [0.3, 0.4) is 0 Å². The Balaban J connectivity index is 0.00000132. The number of amides is 1. The summed E-state index contributed by atoms with van der Waals surface area (Å²) < 4.78 is 0. The van der Waals surface area contributed by atoms with Crippen molar-refractivity contribution < 1.29 is 4.79 Å². The van der Waals surface area contributed by atoms with E-state index >= 15 is 0 Å². The van der Waals surface area contributed by atoms with Crippen molar-refractivity contribution in [2.45, 2.75) is 25.7 Å². The summed E-state index contributed by atoms with van der Waals surface area (Å²) in [5.74, 6) is 1.90. The first-order chi connectivity index (χ1) is 10.2. The van der Waals surface area contributed by atoms with Gasteiger partial charge in [0.1, 0.15) is 5.82 Å². The maximum absolute atomic E-state index is 11.4. The molecule has 2 aliphatic rings. The molecule has 5 nitrogen and oxygen atoms in total. The molecule has 1 N–H and O–H groups in total. The van der Waals surface area contributed by atoms with Gasteiger partial charge in [-0.2, -0.15) is 0 Å². The minimum absolute atomic E-state index is 0. The highest BCUT2D eigenvalue weighted by atomic mass is 35.5. The molecule has 0 spiro atoms. The lowest BCUT2D eigenvalue weighted by atomic mass is 9.91. The molecule has 7 heteroatoms. The molecule has 0 bridgehead atoms. The Morgan fingerprint density at radius 2 is 1.83 bits per heavy atom. The highest BCUT2D eigenvalue weighted by Gasteiger charge is 2.21. The molecule has 3 heterocycles. The molecular weight excluding hydrogens is 335 g/mol. The number of nitrogens with zero attached hydrogens (tertiary/aromatic N) is 3. The smallest absolute Gasteiger partial charge is 0.219 e. The molecule has 0 unspecified atom stereocenters. The minimum Gasteiger partial charge on any atom is -0.353 e. The highest BCUT2D eigenvalue weighted by Crippen LogP contribution is 2.27. The van der Waals surface area contributed by atoms with Crippen LogP contribution in [0.4, 0.5) is 5.82 Å². The van der Waals surface area contributed by atoms with E-state index < -0.39 is 0 Å². The van der Waals surface area contributed by atoms with Crippen LogP contribution in [0.1, 0.15) is 31.2 Å². The van der Waals surface area contributed by atoms with E-state index in [-0.39, 0.29) is 30.7 Å². The number of hydrogen-bond donors (Lipinski definition) is 1. The van der Waals surface area contributed by atoms with E-state index in [0.717, 1.165) is 45.1 Å². The standard InChI is InChI=1S/C16H24N4O.2ClH/c1-13(21)19-8-10-20(11-9-19)16-12-15(4-7-18-16)14-2-5-17-6-3-14;;/h4,7,12,14,17H,2-3,5-6,8-11H2,1H3;2*1H. The van der Waals surface area contributed by atoms with Crippen LogP contribution in [-0.2, 0) is 4.79 Å². The number of nitrogens with one attached hydrogen (secondary N) is 1. The molecule has 23 heavy (non-hydrogen) atoms. The van der Waals surface area contributed by atoms with Gasteiger partial charge in [0, 0.05) is 39.3 Å². The van der Waals surface area contributed by atoms with E-state index in [2.05, 4.69) is 27.3 Å². The summed E-state index contributed by atoms with van der Waals surface area (Å²) in [5.41, 5.74) is 1.41. The normalized spacial score (nSPS) is 18.8. The van der Waals surface area contributed by atoms with Gasteiger partial charge in [0.2, 0.25) is 5.91 Å². The van der Waals surface area contributed by atoms with Gasteiger partial charge < -0.3 is 15.1 Å². The van der Waals surface area contributed by atoms with Crippen LogP contribution in [0.2, 0.25) is 0 Å². The van der Waals surface area contributed by atoms with Crippen molar-refractivity contribution >= 4 is 36.5 Å². The van der Waals surface area contributed by atoms with E-state index in [1.807, 2.05) is 11.1 Å². The molecular formula is C16H26Cl2N4O. The number of rotatable bonds is 2. The first-order valence-electron chi connectivity index (χ1n) is 7.91. The average Bonchev–Trinajstić information content (AvgIpc) is 2.56. The number of carbonyl (C=O) groups is 1. The van der Waals surface area contributed by atoms with Crippen molar-refractivity contribution in [2.24, 2.45) is 0 Å². The number of carbonyl (C=O) groups excluding carboxylic acids is 1. The van der Waals surface area contributed by atoms with Gasteiger partial charge in [0.05, 0.1) is 0 Å². The zero-order valence-corrected chi connectivity index (χ0v) is 15.2. The van der Waals surface area contributed by atoms with E-state index in [1.54, 1.807) is 6.92 Å². The number of piperidine rings is 1. The van der Waals surface area contributed by atoms with E-state index in [4.69, 9.17) is 0 Å². The molecule has 0 radical (unpaired) electrons. The largest absolute Gasteiger partial charge is 0.353 e. The minimum atomic E-state index is 0. The van der Waals surface area contributed by atoms with Gasteiger partial charge in [-0.15, -0.1) is 24.8 Å². The Kier molecular flexibility index (Phi) is 8.09. The third-order valence-corrected chi connectivity index (χ3v) is 4.63. The van der Waals surface area contributed by atoms with Crippen molar-refractivity contribution in [3.8, 4) is 0 Å². The zero-order chi connectivity index (χ0) is 14.7. The number of anilines is 1. The second kappa shape index (κ2) is 9.30. The highest BCUT2D eigenvalue weighted by molar-refractivity contribution is 5.85. The van der Waals surface area contributed by atoms with Crippen LogP contribution in [-0.4, -0.2) is 55.1 Å². The van der Waals surface area contributed by atoms with Crippen LogP contribution in [0.25, 0.3) is 0 Å². The number of aromatic nitrogens is 1. The van der Waals surface area contributed by atoms with Crippen LogP contribution in [0.5, 0.6) is 0 Å². The zero-order valence-electron chi connectivity index (χ0n) is 13.5. The van der Waals surface area contributed by atoms with Gasteiger partial charge in [-0.1, -0.05) is 0 Å². The van der Waals surface area contributed by atoms with Crippen molar-refractivity contribution in [1.82, 2.24) is 15.2 Å². The Labute approximate surface area is 150 Å². The fourth-order valence-corrected chi connectivity index (χ4v) is 3.27. The Morgan fingerprint density at radius 3 is 2.43 bits per heavy atom. The molecule has 0 aromatic carbocycles. The summed E-state index contributed by atoms with van der Waals surface area (Å²) in [5, 5.41) is 3.41. The maximum atomic E-state index is 11.4. The summed E-state index contributed by atoms with van der Waals surface area (Å²) in [7, 11) is 0. The number of pyridine rings is 1. The van der Waals surface area contributed by atoms with Gasteiger partial charge >= 0.3 is 0 Å². The number of hydrogen-bond acceptors (Lipinski definition) is 4. The van der Waals surface area contributed by atoms with Crippen molar-refractivity contribution in [3.05, 3.63) is 23.9 Å². The molecule has 2 fully saturated rings. The summed E-state index contributed by atoms with van der Waals surface area (Å²) in [6, 6.07) is 4.41. The number of halogens is 2. The molecule has 1 amide bonds. The molecule has 1 aromatic rings. The van der Waals surface area contributed by atoms with Crippen molar-refractivity contribution in [1.29, 1.82) is 0 Å². The monoisotopic (exact) mass is 360 g/mol. The van der Waals surface area contributed by atoms with Gasteiger partial charge in [0.25, 0.3) is 0 Å². The van der Waals surface area contributed by atoms with Crippen LogP contribution >= 0.6 is 24.8 Å². The summed E-state index contributed by atoms with van der Waals surface area (Å²) in [4.78, 5) is 20.1. The van der Waals surface area contributed by atoms with Crippen LogP contribution in [0.15, 0.2) is 18.3 Å². The average molecular weight is 361 g/mol. The maximum Gasteiger partial charge on any atom is 0.219 e. The third-order valence-electron chi connectivity index (χ3n) is 4.63. The van der Waals surface area contributed by atoms with Crippen LogP contribution < -0.4 is 10.2 Å². The lowest BCUT2D eigenvalue weighted by molar-refractivity contribution is -0.129. The Hall–Kier alpha value is -1.04. The summed E-state index contributed by atoms with van der Waals surface area (Å²) in [6.07, 6.45) is 4.35. The van der Waals surface area contributed by atoms with E-state index in [9.17, 15) is 4.79 Å². The molecule has 0 aliphatic carbocycles. The molecule has 0 saturated carbocycles. The van der Waals surface area contributed by atoms with Crippen LogP contribution in [0, 0.1) is 0 Å². The summed E-state index contributed by atoms with van der Waals surface area (Å²) >= 11 is 0. The molecule has 3 rings (SSSR count). The quantitative estimate of drug-likeness (QED) is 0.876. The topological polar surface area (TPSA) is 48.5 Å². The second-order valence-corrected chi connectivity index (χ2v) is 5.96. The fourth-order valence-electron chi connectivity index (χ4n) is 3.27. The Bertz CT molecular complexity index is 501. The molecule has 1 aromatic heterocycles. The van der Waals surface area contributed by atoms with Gasteiger partial charge in [0.15, 0.2) is 0 Å². The third kappa shape index (κ3) is 4.96. The Morgan fingerprint density at radius 1 is 1.17 bits per heavy atom. The van der Waals surface area contributed by atoms with Gasteiger partial charge in [-0.3, -0.25) is 4.79 Å². The van der Waals surface area contributed by atoms with Crippen molar-refractivity contribution in [3.63, 3.8) is 0 Å². The lowest BCUT2D eigenvalue weighted by Crippen LogP contribution is -2.48. The fraction of sp³-hybridized carbons (Fsp3) is 0.625. The second-order valence-electron chi connectivity index (χ2n) is 5.96. The molecule has 2 saturated heterocycles. The van der Waals surface area contributed by atoms with Gasteiger partial charge in [-0.05, 0) is 49.5 Å². The lowest BCUT2D eigenvalue weighted by Gasteiger charge is -2.35. The van der Waals surface area contributed by atoms with E-state index in [1.165, 1.54) is 18.4 Å².